The van der Waals surface area contributed by atoms with Crippen LogP contribution in [0.4, 0.5) is 5.82 Å². The number of likely N-dealkylation sites (N-methyl/N-ethyl adjacent to an activating group) is 1. The van der Waals surface area contributed by atoms with Gasteiger partial charge in [0.05, 0.1) is 12.9 Å². The van der Waals surface area contributed by atoms with Crippen molar-refractivity contribution in [1.82, 2.24) is 9.97 Å². The number of nitrogens with two attached hydrogens (primary N) is 1. The predicted molar refractivity (Wildman–Crippen MR) is 65.7 cm³/mol. The Bertz CT molecular complexity index is 395. The highest BCUT2D eigenvalue weighted by Crippen LogP contribution is 2.17. The van der Waals surface area contributed by atoms with Gasteiger partial charge in [-0.3, -0.25) is 4.79 Å². The molecule has 0 saturated heterocycles. The first-order valence-electron chi connectivity index (χ1n) is 4.75. The summed E-state index contributed by atoms with van der Waals surface area (Å²) < 4.78 is 5.35. The summed E-state index contributed by atoms with van der Waals surface area (Å²) in [5.74, 6) is 0.565. The number of nitrogens with zero attached hydrogens (tertiary/aromatic N) is 2. The summed E-state index contributed by atoms with van der Waals surface area (Å²) in [6.07, 6.45) is 1.36. The van der Waals surface area contributed by atoms with Crippen molar-refractivity contribution < 1.29 is 4.74 Å². The smallest absolute Gasteiger partial charge is 0.267 e. The molecule has 16 heavy (non-hydrogen) atoms. The van der Waals surface area contributed by atoms with Gasteiger partial charge < -0.3 is 20.4 Å². The molecule has 1 atom stereocenters. The van der Waals surface area contributed by atoms with Crippen molar-refractivity contribution in [3.8, 4) is 0 Å². The van der Waals surface area contributed by atoms with Gasteiger partial charge in [-0.15, -0.1) is 0 Å². The molecule has 0 saturated carbocycles. The number of hydrogen-bond acceptors (Lipinski definition) is 5. The van der Waals surface area contributed by atoms with Crippen molar-refractivity contribution in [3.63, 3.8) is 0 Å². The van der Waals surface area contributed by atoms with E-state index in [1.165, 1.54) is 6.33 Å². The molecule has 0 aliphatic heterocycles. The van der Waals surface area contributed by atoms with Crippen molar-refractivity contribution in [3.05, 3.63) is 21.2 Å². The summed E-state index contributed by atoms with van der Waals surface area (Å²) >= 11 is 3.19. The first kappa shape index (κ1) is 13.1. The van der Waals surface area contributed by atoms with Gasteiger partial charge in [-0.25, -0.2) is 4.98 Å². The van der Waals surface area contributed by atoms with Gasteiger partial charge in [-0.05, 0) is 15.9 Å². The summed E-state index contributed by atoms with van der Waals surface area (Å²) in [6, 6.07) is -0.122. The molecule has 1 unspecified atom stereocenters. The van der Waals surface area contributed by atoms with E-state index in [4.69, 9.17) is 10.5 Å². The van der Waals surface area contributed by atoms with E-state index in [0.717, 1.165) is 0 Å². The third-order valence-corrected chi connectivity index (χ3v) is 2.74. The molecule has 0 aliphatic rings. The van der Waals surface area contributed by atoms with Crippen LogP contribution >= 0.6 is 15.9 Å². The molecule has 1 heterocycles. The Morgan fingerprint density at radius 2 is 2.44 bits per heavy atom. The second-order valence-corrected chi connectivity index (χ2v) is 4.26. The van der Waals surface area contributed by atoms with Crippen LogP contribution in [0.5, 0.6) is 0 Å². The number of aromatic nitrogens is 2. The number of aromatic amines is 1. The Hall–Kier alpha value is -0.920. The maximum atomic E-state index is 11.3. The van der Waals surface area contributed by atoms with E-state index in [0.29, 0.717) is 23.4 Å². The van der Waals surface area contributed by atoms with E-state index < -0.39 is 0 Å². The van der Waals surface area contributed by atoms with E-state index >= 15 is 0 Å². The lowest BCUT2D eigenvalue weighted by atomic mass is 10.3. The Morgan fingerprint density at radius 1 is 1.75 bits per heavy atom. The predicted octanol–water partition coefficient (Wildman–Crippen LogP) is -0.0577. The Balaban J connectivity index is 2.76. The van der Waals surface area contributed by atoms with Crippen molar-refractivity contribution >= 4 is 21.7 Å². The average molecular weight is 291 g/mol. The minimum Gasteiger partial charge on any atom is -0.383 e. The lowest BCUT2D eigenvalue weighted by Crippen LogP contribution is -2.39. The molecule has 1 aromatic heterocycles. The van der Waals surface area contributed by atoms with E-state index in [1.807, 2.05) is 11.9 Å². The molecule has 0 bridgehead atoms. The van der Waals surface area contributed by atoms with Gasteiger partial charge in [0.15, 0.2) is 0 Å². The van der Waals surface area contributed by atoms with Crippen molar-refractivity contribution in [1.29, 1.82) is 0 Å². The van der Waals surface area contributed by atoms with E-state index in [1.54, 1.807) is 7.11 Å². The van der Waals surface area contributed by atoms with Crippen LogP contribution in [0.15, 0.2) is 15.6 Å². The van der Waals surface area contributed by atoms with Crippen molar-refractivity contribution in [2.75, 3.05) is 32.2 Å². The number of rotatable bonds is 5. The largest absolute Gasteiger partial charge is 0.383 e. The zero-order valence-corrected chi connectivity index (χ0v) is 10.8. The monoisotopic (exact) mass is 290 g/mol. The molecular weight excluding hydrogens is 276 g/mol. The molecule has 7 heteroatoms. The standard InChI is InChI=1S/C9H15BrN4O2/c1-14(3-6(11)4-16-2)8-7(10)9(15)13-5-12-8/h5-6H,3-4,11H2,1-2H3,(H,12,13,15). The maximum absolute atomic E-state index is 11.3. The minimum atomic E-state index is -0.211. The molecule has 0 aliphatic carbocycles. The summed E-state index contributed by atoms with van der Waals surface area (Å²) in [5, 5.41) is 0. The SMILES string of the molecule is COCC(N)CN(C)c1nc[nH]c(=O)c1Br. The Labute approximate surface area is 102 Å². The topological polar surface area (TPSA) is 84.2 Å². The van der Waals surface area contributed by atoms with Gasteiger partial charge >= 0.3 is 0 Å². The van der Waals surface area contributed by atoms with Crippen LogP contribution in [-0.2, 0) is 4.74 Å². The first-order chi connectivity index (χ1) is 7.56. The number of halogens is 1. The number of anilines is 1. The molecule has 3 N–H and O–H groups in total. The quantitative estimate of drug-likeness (QED) is 0.794. The third kappa shape index (κ3) is 3.29. The van der Waals surface area contributed by atoms with Gasteiger partial charge in [0.2, 0.25) is 0 Å². The zero-order valence-electron chi connectivity index (χ0n) is 9.24. The molecule has 6 nitrogen and oxygen atoms in total. The molecule has 0 amide bonds. The molecule has 0 aromatic carbocycles. The number of methoxy groups -OCH3 is 1. The van der Waals surface area contributed by atoms with Crippen LogP contribution in [-0.4, -0.2) is 43.3 Å². The number of hydrogen-bond donors (Lipinski definition) is 2. The number of nitrogens with one attached hydrogen (secondary N) is 1. The lowest BCUT2D eigenvalue weighted by molar-refractivity contribution is 0.181. The van der Waals surface area contributed by atoms with Crippen LogP contribution < -0.4 is 16.2 Å². The van der Waals surface area contributed by atoms with Crippen LogP contribution in [0.2, 0.25) is 0 Å². The second kappa shape index (κ2) is 5.97. The fourth-order valence-electron chi connectivity index (χ4n) is 1.34. The average Bonchev–Trinajstić information content (AvgIpc) is 2.22. The fraction of sp³-hybridized carbons (Fsp3) is 0.556. The molecular formula is C9H15BrN4O2. The third-order valence-electron chi connectivity index (χ3n) is 2.03. The highest BCUT2D eigenvalue weighted by Gasteiger charge is 2.13. The van der Waals surface area contributed by atoms with E-state index in [9.17, 15) is 4.79 Å². The molecule has 0 spiro atoms. The normalized spacial score (nSPS) is 12.5. The van der Waals surface area contributed by atoms with Gasteiger partial charge in [-0.1, -0.05) is 0 Å². The Kier molecular flexibility index (Phi) is 4.91. The summed E-state index contributed by atoms with van der Waals surface area (Å²) in [6.45, 7) is 1.02. The second-order valence-electron chi connectivity index (χ2n) is 3.47. The van der Waals surface area contributed by atoms with Gasteiger partial charge in [-0.2, -0.15) is 0 Å². The molecule has 0 fully saturated rings. The van der Waals surface area contributed by atoms with E-state index in [-0.39, 0.29) is 11.6 Å². The lowest BCUT2D eigenvalue weighted by Gasteiger charge is -2.22. The first-order valence-corrected chi connectivity index (χ1v) is 5.54. The zero-order chi connectivity index (χ0) is 12.1. The maximum Gasteiger partial charge on any atom is 0.267 e. The number of H-pyrrole nitrogens is 1. The van der Waals surface area contributed by atoms with E-state index in [2.05, 4.69) is 25.9 Å². The Morgan fingerprint density at radius 3 is 3.06 bits per heavy atom. The van der Waals surface area contributed by atoms with Gasteiger partial charge in [0.1, 0.15) is 10.3 Å². The highest BCUT2D eigenvalue weighted by molar-refractivity contribution is 9.10. The summed E-state index contributed by atoms with van der Waals surface area (Å²) in [7, 11) is 3.42. The van der Waals surface area contributed by atoms with Gasteiger partial charge in [0.25, 0.3) is 5.56 Å². The molecule has 0 radical (unpaired) electrons. The highest BCUT2D eigenvalue weighted by atomic mass is 79.9. The van der Waals surface area contributed by atoms with Crippen molar-refractivity contribution in [2.45, 2.75) is 6.04 Å². The van der Waals surface area contributed by atoms with Crippen molar-refractivity contribution in [2.24, 2.45) is 5.73 Å². The fourth-order valence-corrected chi connectivity index (χ4v) is 1.86. The minimum absolute atomic E-state index is 0.122. The summed E-state index contributed by atoms with van der Waals surface area (Å²) in [5.41, 5.74) is 5.60. The van der Waals surface area contributed by atoms with Crippen LogP contribution in [0.3, 0.4) is 0 Å². The molecule has 90 valence electrons. The van der Waals surface area contributed by atoms with Gasteiger partial charge in [0, 0.05) is 26.7 Å². The molecule has 1 aromatic rings. The number of ether oxygens (including phenoxy) is 1. The summed E-state index contributed by atoms with van der Waals surface area (Å²) in [4.78, 5) is 19.7. The van der Waals surface area contributed by atoms with Crippen LogP contribution in [0, 0.1) is 0 Å². The van der Waals surface area contributed by atoms with Crippen LogP contribution in [0.25, 0.3) is 0 Å². The molecule has 1 rings (SSSR count). The van der Waals surface area contributed by atoms with Crippen LogP contribution in [0.1, 0.15) is 0 Å².